The quantitative estimate of drug-likeness (QED) is 0.162. The lowest BCUT2D eigenvalue weighted by molar-refractivity contribution is -0.136. The number of aryl methyl sites for hydroxylation is 2. The number of hydrogen-bond acceptors (Lipinski definition) is 10. The van der Waals surface area contributed by atoms with Gasteiger partial charge in [0.2, 0.25) is 11.8 Å². The summed E-state index contributed by atoms with van der Waals surface area (Å²) in [5, 5.41) is 6.88. The second kappa shape index (κ2) is 15.0. The topological polar surface area (TPSA) is 168 Å². The van der Waals surface area contributed by atoms with Crippen LogP contribution in [0.2, 0.25) is 0 Å². The highest BCUT2D eigenvalue weighted by atomic mass is 19.1. The number of aromatic amines is 1. The number of H-pyrrole nitrogens is 1. The number of carbonyl (C=O) groups excluding carboxylic acids is 3. The van der Waals surface area contributed by atoms with Crippen LogP contribution in [0.1, 0.15) is 77.6 Å². The number of ether oxygens (including phenoxy) is 1. The number of imide groups is 1. The van der Waals surface area contributed by atoms with Gasteiger partial charge in [-0.2, -0.15) is 5.10 Å². The summed E-state index contributed by atoms with van der Waals surface area (Å²) in [7, 11) is 1.84. The Kier molecular flexibility index (Phi) is 9.70. The molecule has 3 fully saturated rings. The third-order valence-corrected chi connectivity index (χ3v) is 12.1. The maximum atomic E-state index is 14.5. The summed E-state index contributed by atoms with van der Waals surface area (Å²) in [5.74, 6) is 1.31. The molecule has 0 radical (unpaired) electrons. The second-order valence-electron chi connectivity index (χ2n) is 16.1. The highest BCUT2D eigenvalue weighted by molar-refractivity contribution is 6.05. The molecule has 3 saturated heterocycles. The molecule has 0 aliphatic carbocycles. The number of piperidine rings is 2. The first-order chi connectivity index (χ1) is 28.0. The summed E-state index contributed by atoms with van der Waals surface area (Å²) in [5.41, 5.74) is 13.7. The van der Waals surface area contributed by atoms with Crippen LogP contribution in [0.15, 0.2) is 60.9 Å². The van der Waals surface area contributed by atoms with Crippen molar-refractivity contribution in [2.45, 2.75) is 64.1 Å². The van der Waals surface area contributed by atoms with E-state index in [9.17, 15) is 18.8 Å². The maximum absolute atomic E-state index is 14.5. The first-order valence-corrected chi connectivity index (χ1v) is 20.0. The molecule has 1 unspecified atom stereocenters. The molecule has 2 atom stereocenters. The van der Waals surface area contributed by atoms with E-state index in [1.807, 2.05) is 51.4 Å². The Balaban J connectivity index is 0.787. The number of nitrogens with one attached hydrogen (secondary N) is 2. The van der Waals surface area contributed by atoms with Gasteiger partial charge in [-0.15, -0.1) is 0 Å². The van der Waals surface area contributed by atoms with Gasteiger partial charge in [0.15, 0.2) is 11.6 Å². The number of anilines is 2. The van der Waals surface area contributed by atoms with Crippen LogP contribution in [0.5, 0.6) is 5.75 Å². The lowest BCUT2D eigenvalue weighted by atomic mass is 9.93. The molecule has 3 aromatic heterocycles. The number of amides is 3. The number of nitrogens with two attached hydrogens (primary N) is 1. The second-order valence-corrected chi connectivity index (χ2v) is 16.1. The van der Waals surface area contributed by atoms with Gasteiger partial charge in [0.25, 0.3) is 5.91 Å². The molecular weight excluding hydrogens is 740 g/mol. The van der Waals surface area contributed by atoms with E-state index >= 15 is 0 Å². The summed E-state index contributed by atoms with van der Waals surface area (Å²) in [6.07, 6.45) is 5.64. The van der Waals surface area contributed by atoms with Gasteiger partial charge in [-0.1, -0.05) is 0 Å². The Morgan fingerprint density at radius 2 is 1.81 bits per heavy atom. The minimum Gasteiger partial charge on any atom is -0.482 e. The van der Waals surface area contributed by atoms with Crippen LogP contribution >= 0.6 is 0 Å². The van der Waals surface area contributed by atoms with E-state index in [2.05, 4.69) is 36.2 Å². The molecule has 9 rings (SSSR count). The largest absolute Gasteiger partial charge is 0.482 e. The Hall–Kier alpha value is -6.09. The van der Waals surface area contributed by atoms with Crippen LogP contribution in [-0.2, 0) is 23.2 Å². The molecule has 58 heavy (non-hydrogen) atoms. The minimum absolute atomic E-state index is 0.145. The molecule has 0 bridgehead atoms. The molecule has 2 aromatic carbocycles. The Morgan fingerprint density at radius 3 is 2.57 bits per heavy atom. The summed E-state index contributed by atoms with van der Waals surface area (Å²) < 4.78 is 22.5. The lowest BCUT2D eigenvalue weighted by Crippen LogP contribution is -2.52. The van der Waals surface area contributed by atoms with Crippen molar-refractivity contribution in [3.05, 3.63) is 95.0 Å². The van der Waals surface area contributed by atoms with E-state index in [0.717, 1.165) is 90.8 Å². The van der Waals surface area contributed by atoms with E-state index in [0.29, 0.717) is 41.7 Å². The number of benzene rings is 2. The number of likely N-dealkylation sites (tertiary alicyclic amines) is 1. The van der Waals surface area contributed by atoms with Crippen molar-refractivity contribution < 1.29 is 23.5 Å². The number of nitrogen functional groups attached to an aromatic ring is 1. The predicted octanol–water partition coefficient (Wildman–Crippen LogP) is 5.12. The van der Waals surface area contributed by atoms with Gasteiger partial charge in [-0.25, -0.2) is 14.4 Å². The highest BCUT2D eigenvalue weighted by Gasteiger charge is 2.40. The van der Waals surface area contributed by atoms with Crippen molar-refractivity contribution in [2.75, 3.05) is 43.4 Å². The summed E-state index contributed by atoms with van der Waals surface area (Å²) >= 11 is 0. The molecule has 15 heteroatoms. The predicted molar refractivity (Wildman–Crippen MR) is 215 cm³/mol. The molecule has 0 spiro atoms. The van der Waals surface area contributed by atoms with Crippen LogP contribution in [0.4, 0.5) is 15.9 Å². The Bertz CT molecular complexity index is 2410. The van der Waals surface area contributed by atoms with Gasteiger partial charge in [-0.05, 0) is 100 Å². The molecule has 3 amide bonds. The van der Waals surface area contributed by atoms with Crippen molar-refractivity contribution in [2.24, 2.45) is 13.0 Å². The molecule has 4 N–H and O–H groups in total. The molecule has 4 aliphatic heterocycles. The monoisotopic (exact) mass is 786 g/mol. The zero-order chi connectivity index (χ0) is 40.2. The zero-order valence-corrected chi connectivity index (χ0v) is 32.9. The van der Waals surface area contributed by atoms with E-state index in [1.165, 1.54) is 12.1 Å². The summed E-state index contributed by atoms with van der Waals surface area (Å²) in [4.78, 5) is 56.7. The average Bonchev–Trinajstić information content (AvgIpc) is 3.90. The molecule has 300 valence electrons. The molecular formula is C43H47FN10O4. The number of hydrogen-bond donors (Lipinski definition) is 3. The van der Waals surface area contributed by atoms with Crippen LogP contribution in [0, 0.1) is 18.7 Å². The fourth-order valence-corrected chi connectivity index (χ4v) is 8.97. The molecule has 14 nitrogen and oxygen atoms in total. The highest BCUT2D eigenvalue weighted by Crippen LogP contribution is 2.37. The van der Waals surface area contributed by atoms with Crippen molar-refractivity contribution >= 4 is 29.2 Å². The minimum atomic E-state index is -0.607. The van der Waals surface area contributed by atoms with Gasteiger partial charge >= 0.3 is 0 Å². The summed E-state index contributed by atoms with van der Waals surface area (Å²) in [6.45, 7) is 9.17. The van der Waals surface area contributed by atoms with Crippen LogP contribution in [0.3, 0.4) is 0 Å². The lowest BCUT2D eigenvalue weighted by Gasteiger charge is -2.44. The Labute approximate surface area is 335 Å². The Morgan fingerprint density at radius 1 is 1.02 bits per heavy atom. The number of rotatable bonds is 10. The SMILES string of the molecule is Cc1nc(C2CCN(CC3CN(c4ccc5c(c4)CN(C4CCC(=O)NC4=O)C5=O)C3)CC2)[nH]c1-c1cnc(N)c(O[C@H](C)c2cc(F)ccc2-c2ccn(C)n2)c1. The molecule has 0 saturated carbocycles. The smallest absolute Gasteiger partial charge is 0.255 e. The molecule has 4 aliphatic rings. The van der Waals surface area contributed by atoms with E-state index in [-0.39, 0.29) is 35.8 Å². The number of halogens is 1. The number of nitrogens with zero attached hydrogens (tertiary/aromatic N) is 7. The summed E-state index contributed by atoms with van der Waals surface area (Å²) in [6, 6.07) is 13.7. The standard InChI is InChI=1S/C43H47FN10O4/c1-24-39(28-17-37(40(45)46-19-28)58-25(2)34-18-30(44)4-6-33(34)35-12-13-51(3)50-35)49-41(47-24)27-10-14-52(15-11-27)20-26-21-53(22-26)31-5-7-32-29(16-31)23-54(43(32)57)36-8-9-38(55)48-42(36)56/h4-7,12-13,16-19,25-27,36H,8-11,14-15,20-23H2,1-3H3,(H2,45,46)(H,47,49)(H,48,55,56)/t25-,36?/m1/s1. The van der Waals surface area contributed by atoms with Crippen LogP contribution in [0.25, 0.3) is 22.5 Å². The van der Waals surface area contributed by atoms with E-state index in [1.54, 1.807) is 21.8 Å². The van der Waals surface area contributed by atoms with Gasteiger partial charge in [-0.3, -0.25) is 24.4 Å². The number of carbonyl (C=O) groups is 3. The van der Waals surface area contributed by atoms with Gasteiger partial charge in [0, 0.05) is 91.8 Å². The zero-order valence-electron chi connectivity index (χ0n) is 32.9. The first kappa shape index (κ1) is 37.5. The third-order valence-electron chi connectivity index (χ3n) is 12.1. The number of imidazole rings is 1. The van der Waals surface area contributed by atoms with Gasteiger partial charge in [0.1, 0.15) is 23.8 Å². The van der Waals surface area contributed by atoms with E-state index < -0.39 is 12.1 Å². The van der Waals surface area contributed by atoms with Crippen LogP contribution in [-0.4, -0.2) is 91.0 Å². The number of pyridine rings is 1. The average molecular weight is 787 g/mol. The molecule has 5 aromatic rings. The third kappa shape index (κ3) is 7.18. The van der Waals surface area contributed by atoms with E-state index in [4.69, 9.17) is 15.5 Å². The van der Waals surface area contributed by atoms with Crippen molar-refractivity contribution in [1.82, 2.24) is 39.8 Å². The normalized spacial score (nSPS) is 19.7. The number of aromatic nitrogens is 5. The molecule has 7 heterocycles. The van der Waals surface area contributed by atoms with Crippen molar-refractivity contribution in [3.63, 3.8) is 0 Å². The van der Waals surface area contributed by atoms with Crippen LogP contribution < -0.4 is 20.7 Å². The number of fused-ring (bicyclic) bond motifs is 1. The van der Waals surface area contributed by atoms with Crippen molar-refractivity contribution in [3.8, 4) is 28.3 Å². The van der Waals surface area contributed by atoms with Crippen molar-refractivity contribution in [1.29, 1.82) is 0 Å². The fourth-order valence-electron chi connectivity index (χ4n) is 8.97. The fraction of sp³-hybridized carbons (Fsp3) is 0.395. The van der Waals surface area contributed by atoms with Gasteiger partial charge in [0.05, 0.1) is 17.1 Å². The van der Waals surface area contributed by atoms with Gasteiger partial charge < -0.3 is 30.2 Å². The first-order valence-electron chi connectivity index (χ1n) is 20.0. The maximum Gasteiger partial charge on any atom is 0.255 e.